The van der Waals surface area contributed by atoms with Crippen LogP contribution in [0.25, 0.3) is 0 Å². The molecule has 6 heteroatoms. The van der Waals surface area contributed by atoms with E-state index in [0.717, 1.165) is 17.5 Å². The number of nitrogens with two attached hydrogens (primary N) is 1. The highest BCUT2D eigenvalue weighted by Crippen LogP contribution is 2.25. The third-order valence-electron chi connectivity index (χ3n) is 4.60. The molecular weight excluding hydrogens is 338 g/mol. The number of pyridine rings is 3. The van der Waals surface area contributed by atoms with Crippen LogP contribution in [0, 0.1) is 0 Å². The van der Waals surface area contributed by atoms with Crippen molar-refractivity contribution in [2.75, 3.05) is 6.54 Å². The van der Waals surface area contributed by atoms with Crippen molar-refractivity contribution in [3.8, 4) is 0 Å². The van der Waals surface area contributed by atoms with Crippen LogP contribution >= 0.6 is 0 Å². The highest BCUT2D eigenvalue weighted by molar-refractivity contribution is 5.85. The molecule has 1 amide bonds. The highest BCUT2D eigenvalue weighted by atomic mass is 16.1. The van der Waals surface area contributed by atoms with Gasteiger partial charge in [-0.15, -0.1) is 0 Å². The van der Waals surface area contributed by atoms with Gasteiger partial charge in [-0.25, -0.2) is 0 Å². The van der Waals surface area contributed by atoms with Gasteiger partial charge in [-0.2, -0.15) is 0 Å². The van der Waals surface area contributed by atoms with Crippen LogP contribution in [0.15, 0.2) is 73.4 Å². The van der Waals surface area contributed by atoms with Gasteiger partial charge in [0.25, 0.3) is 0 Å². The molecular formula is C21H23N5O. The van der Waals surface area contributed by atoms with Gasteiger partial charge < -0.3 is 5.73 Å². The van der Waals surface area contributed by atoms with Gasteiger partial charge in [0, 0.05) is 37.5 Å². The van der Waals surface area contributed by atoms with Crippen LogP contribution in [0.1, 0.15) is 23.2 Å². The molecule has 1 unspecified atom stereocenters. The molecule has 3 heterocycles. The molecule has 6 nitrogen and oxygen atoms in total. The van der Waals surface area contributed by atoms with E-state index in [2.05, 4.69) is 20.3 Å². The van der Waals surface area contributed by atoms with Crippen molar-refractivity contribution in [3.05, 3.63) is 90.3 Å². The Bertz CT molecular complexity index is 842. The van der Waals surface area contributed by atoms with Crippen LogP contribution in [0.4, 0.5) is 0 Å². The summed E-state index contributed by atoms with van der Waals surface area (Å²) in [5.41, 5.74) is 7.61. The van der Waals surface area contributed by atoms with Gasteiger partial charge in [0.05, 0.1) is 5.69 Å². The van der Waals surface area contributed by atoms with Crippen molar-refractivity contribution >= 4 is 5.91 Å². The Morgan fingerprint density at radius 1 is 0.926 bits per heavy atom. The first kappa shape index (κ1) is 18.7. The number of nitrogens with zero attached hydrogens (tertiary/aromatic N) is 3. The summed E-state index contributed by atoms with van der Waals surface area (Å²) >= 11 is 0. The number of primary amides is 1. The zero-order valence-electron chi connectivity index (χ0n) is 15.1. The minimum Gasteiger partial charge on any atom is -0.368 e. The lowest BCUT2D eigenvalue weighted by Crippen LogP contribution is -2.54. The Morgan fingerprint density at radius 2 is 1.63 bits per heavy atom. The second kappa shape index (κ2) is 9.00. The fourth-order valence-electron chi connectivity index (χ4n) is 3.10. The average molecular weight is 361 g/mol. The van der Waals surface area contributed by atoms with Crippen molar-refractivity contribution in [2.24, 2.45) is 5.73 Å². The van der Waals surface area contributed by atoms with Gasteiger partial charge in [0.2, 0.25) is 5.91 Å². The fourth-order valence-corrected chi connectivity index (χ4v) is 3.10. The lowest BCUT2D eigenvalue weighted by Gasteiger charge is -2.31. The second-order valence-corrected chi connectivity index (χ2v) is 6.38. The molecule has 1 atom stereocenters. The lowest BCUT2D eigenvalue weighted by molar-refractivity contribution is -0.125. The Labute approximate surface area is 158 Å². The molecule has 0 saturated carbocycles. The maximum atomic E-state index is 12.6. The van der Waals surface area contributed by atoms with E-state index in [1.165, 1.54) is 0 Å². The van der Waals surface area contributed by atoms with E-state index in [1.54, 1.807) is 24.8 Å². The summed E-state index contributed by atoms with van der Waals surface area (Å²) in [6.45, 7) is 0.582. The largest absolute Gasteiger partial charge is 0.368 e. The number of aryl methyl sites for hydroxylation is 1. The first-order valence-electron chi connectivity index (χ1n) is 8.95. The van der Waals surface area contributed by atoms with Crippen LogP contribution in [-0.2, 0) is 23.2 Å². The maximum Gasteiger partial charge on any atom is 0.243 e. The summed E-state index contributed by atoms with van der Waals surface area (Å²) in [5.74, 6) is -0.434. The standard InChI is InChI=1S/C21H23N5O/c22-20(27)21(19-7-1-2-13-25-19,10-8-17-5-3-11-23-15-17)26-14-9-18-6-4-12-24-16-18/h1-7,11-13,15-16,26H,8-10,14H2,(H2,22,27). The molecule has 0 radical (unpaired) electrons. The predicted octanol–water partition coefficient (Wildman–Crippen LogP) is 2.02. The summed E-state index contributed by atoms with van der Waals surface area (Å²) in [7, 11) is 0. The van der Waals surface area contributed by atoms with E-state index in [-0.39, 0.29) is 0 Å². The van der Waals surface area contributed by atoms with E-state index in [1.807, 2.05) is 48.7 Å². The molecule has 3 N–H and O–H groups in total. The van der Waals surface area contributed by atoms with E-state index >= 15 is 0 Å². The zero-order chi connectivity index (χ0) is 19.0. The summed E-state index contributed by atoms with van der Waals surface area (Å²) in [6, 6.07) is 13.3. The molecule has 3 aromatic rings. The van der Waals surface area contributed by atoms with Crippen molar-refractivity contribution in [2.45, 2.75) is 24.8 Å². The lowest BCUT2D eigenvalue weighted by atomic mass is 9.86. The molecule has 0 aliphatic carbocycles. The zero-order valence-corrected chi connectivity index (χ0v) is 15.1. The highest BCUT2D eigenvalue weighted by Gasteiger charge is 2.39. The molecule has 138 valence electrons. The smallest absolute Gasteiger partial charge is 0.243 e. The van der Waals surface area contributed by atoms with Crippen LogP contribution in [0.3, 0.4) is 0 Å². The van der Waals surface area contributed by atoms with E-state index in [4.69, 9.17) is 5.73 Å². The van der Waals surface area contributed by atoms with Crippen LogP contribution < -0.4 is 11.1 Å². The first-order chi connectivity index (χ1) is 13.2. The number of hydrogen-bond donors (Lipinski definition) is 2. The second-order valence-electron chi connectivity index (χ2n) is 6.38. The Kier molecular flexibility index (Phi) is 6.22. The summed E-state index contributed by atoms with van der Waals surface area (Å²) in [5, 5.41) is 3.38. The minimum atomic E-state index is -1.04. The fraction of sp³-hybridized carbons (Fsp3) is 0.238. The molecule has 0 aromatic carbocycles. The molecule has 3 rings (SSSR count). The number of carbonyl (C=O) groups excluding carboxylic acids is 1. The summed E-state index contributed by atoms with van der Waals surface area (Å²) in [6.07, 6.45) is 10.7. The third kappa shape index (κ3) is 4.74. The van der Waals surface area contributed by atoms with Crippen molar-refractivity contribution in [1.29, 1.82) is 0 Å². The van der Waals surface area contributed by atoms with Gasteiger partial charge in [0.1, 0.15) is 5.54 Å². The molecule has 0 bridgehead atoms. The number of nitrogens with one attached hydrogen (secondary N) is 1. The molecule has 0 aliphatic rings. The van der Waals surface area contributed by atoms with Crippen LogP contribution in [-0.4, -0.2) is 27.4 Å². The SMILES string of the molecule is NC(=O)C(CCc1cccnc1)(NCCc1cccnc1)c1ccccn1. The van der Waals surface area contributed by atoms with Gasteiger partial charge >= 0.3 is 0 Å². The number of carbonyl (C=O) groups is 1. The molecule has 0 spiro atoms. The van der Waals surface area contributed by atoms with Gasteiger partial charge in [-0.3, -0.25) is 25.1 Å². The molecule has 3 aromatic heterocycles. The summed E-state index contributed by atoms with van der Waals surface area (Å²) in [4.78, 5) is 25.3. The molecule has 0 saturated heterocycles. The Balaban J connectivity index is 1.81. The quantitative estimate of drug-likeness (QED) is 0.608. The maximum absolute atomic E-state index is 12.6. The van der Waals surface area contributed by atoms with Gasteiger partial charge in [0.15, 0.2) is 0 Å². The Hall–Kier alpha value is -3.12. The molecule has 0 fully saturated rings. The van der Waals surface area contributed by atoms with E-state index in [0.29, 0.717) is 25.1 Å². The first-order valence-corrected chi connectivity index (χ1v) is 8.95. The van der Waals surface area contributed by atoms with E-state index < -0.39 is 11.4 Å². The van der Waals surface area contributed by atoms with Crippen LogP contribution in [0.2, 0.25) is 0 Å². The average Bonchev–Trinajstić information content (AvgIpc) is 2.72. The Morgan fingerprint density at radius 3 is 2.19 bits per heavy atom. The monoisotopic (exact) mass is 361 g/mol. The number of rotatable bonds is 9. The number of aromatic nitrogens is 3. The number of hydrogen-bond acceptors (Lipinski definition) is 5. The van der Waals surface area contributed by atoms with E-state index in [9.17, 15) is 4.79 Å². The molecule has 27 heavy (non-hydrogen) atoms. The van der Waals surface area contributed by atoms with Crippen LogP contribution in [0.5, 0.6) is 0 Å². The minimum absolute atomic E-state index is 0.434. The normalized spacial score (nSPS) is 13.0. The topological polar surface area (TPSA) is 93.8 Å². The van der Waals surface area contributed by atoms with Crippen molar-refractivity contribution in [3.63, 3.8) is 0 Å². The summed E-state index contributed by atoms with van der Waals surface area (Å²) < 4.78 is 0. The van der Waals surface area contributed by atoms with Crippen molar-refractivity contribution < 1.29 is 4.79 Å². The van der Waals surface area contributed by atoms with Gasteiger partial charge in [-0.1, -0.05) is 18.2 Å². The predicted molar refractivity (Wildman–Crippen MR) is 104 cm³/mol. The van der Waals surface area contributed by atoms with Crippen molar-refractivity contribution in [1.82, 2.24) is 20.3 Å². The molecule has 0 aliphatic heterocycles. The van der Waals surface area contributed by atoms with Gasteiger partial charge in [-0.05, 0) is 54.7 Å². The number of amides is 1. The third-order valence-corrected chi connectivity index (χ3v) is 4.60.